The summed E-state index contributed by atoms with van der Waals surface area (Å²) in [6.07, 6.45) is 4.70. The largest absolute Gasteiger partial charge is 0.494 e. The molecule has 33 heavy (non-hydrogen) atoms. The Labute approximate surface area is 195 Å². The molecule has 1 aliphatic heterocycles. The van der Waals surface area contributed by atoms with E-state index in [1.54, 1.807) is 24.5 Å². The van der Waals surface area contributed by atoms with E-state index in [4.69, 9.17) is 16.3 Å². The third kappa shape index (κ3) is 3.47. The zero-order valence-electron chi connectivity index (χ0n) is 18.4. The van der Waals surface area contributed by atoms with E-state index in [1.165, 1.54) is 6.08 Å². The summed E-state index contributed by atoms with van der Waals surface area (Å²) in [6.45, 7) is 8.12. The van der Waals surface area contributed by atoms with Gasteiger partial charge >= 0.3 is 0 Å². The Kier molecular flexibility index (Phi) is 5.38. The first-order valence-corrected chi connectivity index (χ1v) is 11.0. The highest BCUT2D eigenvalue weighted by Gasteiger charge is 2.25. The van der Waals surface area contributed by atoms with E-state index in [1.807, 2.05) is 25.1 Å². The summed E-state index contributed by atoms with van der Waals surface area (Å²) in [6, 6.07) is 5.94. The Morgan fingerprint density at radius 1 is 1.18 bits per heavy atom. The highest BCUT2D eigenvalue weighted by atomic mass is 35.5. The van der Waals surface area contributed by atoms with E-state index in [0.29, 0.717) is 42.5 Å². The van der Waals surface area contributed by atoms with Crippen molar-refractivity contribution in [2.45, 2.75) is 6.92 Å². The fourth-order valence-corrected chi connectivity index (χ4v) is 4.83. The van der Waals surface area contributed by atoms with Crippen LogP contribution in [0.15, 0.2) is 43.4 Å². The molecular weight excluding hydrogens is 440 g/mol. The molecule has 0 unspecified atom stereocenters. The fraction of sp³-hybridized carbons (Fsp3) is 0.250. The molecule has 0 bridgehead atoms. The standard InChI is InChI=1S/C24H23ClN6O2/c1-4-19(32)30-7-9-31(10-8-30)24-15-11-17(25)21(23(33-3)22(15)26-13-27-24)20-14(2)5-6-18-16(20)12-28-29-18/h4-6,11-13H,1,7-10H2,2-3H3,(H,28,29). The number of benzene rings is 2. The highest BCUT2D eigenvalue weighted by molar-refractivity contribution is 6.35. The van der Waals surface area contributed by atoms with Crippen molar-refractivity contribution < 1.29 is 9.53 Å². The zero-order valence-corrected chi connectivity index (χ0v) is 19.2. The number of fused-ring (bicyclic) bond motifs is 2. The third-order valence-corrected chi connectivity index (χ3v) is 6.47. The number of aryl methyl sites for hydroxylation is 1. The maximum atomic E-state index is 11.9. The zero-order chi connectivity index (χ0) is 23.1. The third-order valence-electron chi connectivity index (χ3n) is 6.17. The molecule has 2 aromatic carbocycles. The van der Waals surface area contributed by atoms with Crippen molar-refractivity contribution in [3.8, 4) is 16.9 Å². The summed E-state index contributed by atoms with van der Waals surface area (Å²) in [4.78, 5) is 25.0. The van der Waals surface area contributed by atoms with Crippen LogP contribution in [0.1, 0.15) is 5.56 Å². The number of rotatable bonds is 4. The number of anilines is 1. The van der Waals surface area contributed by atoms with Gasteiger partial charge in [-0.25, -0.2) is 9.97 Å². The Balaban J connectivity index is 1.65. The summed E-state index contributed by atoms with van der Waals surface area (Å²) in [7, 11) is 1.63. The molecule has 8 nitrogen and oxygen atoms in total. The average molecular weight is 463 g/mol. The van der Waals surface area contributed by atoms with E-state index in [0.717, 1.165) is 38.8 Å². The van der Waals surface area contributed by atoms with E-state index in [-0.39, 0.29) is 5.91 Å². The molecule has 168 valence electrons. The Morgan fingerprint density at radius 2 is 1.97 bits per heavy atom. The van der Waals surface area contributed by atoms with Gasteiger partial charge in [0.15, 0.2) is 5.75 Å². The van der Waals surface area contributed by atoms with Crippen molar-refractivity contribution in [3.05, 3.63) is 54.0 Å². The average Bonchev–Trinajstić information content (AvgIpc) is 3.32. The molecule has 0 spiro atoms. The molecule has 1 amide bonds. The second kappa shape index (κ2) is 8.37. The van der Waals surface area contributed by atoms with Gasteiger partial charge in [0, 0.05) is 48.1 Å². The number of amides is 1. The molecule has 1 aliphatic rings. The van der Waals surface area contributed by atoms with Crippen LogP contribution < -0.4 is 9.64 Å². The van der Waals surface area contributed by atoms with Crippen LogP contribution in [0.4, 0.5) is 5.82 Å². The lowest BCUT2D eigenvalue weighted by Crippen LogP contribution is -2.48. The molecule has 0 radical (unpaired) electrons. The molecule has 3 heterocycles. The van der Waals surface area contributed by atoms with Crippen LogP contribution in [0.25, 0.3) is 32.9 Å². The van der Waals surface area contributed by atoms with Crippen molar-refractivity contribution >= 4 is 45.1 Å². The predicted octanol–water partition coefficient (Wildman–Crippen LogP) is 3.98. The number of nitrogens with zero attached hydrogens (tertiary/aromatic N) is 5. The van der Waals surface area contributed by atoms with Gasteiger partial charge < -0.3 is 14.5 Å². The van der Waals surface area contributed by atoms with Crippen LogP contribution in [-0.2, 0) is 4.79 Å². The molecule has 0 aliphatic carbocycles. The number of ether oxygens (including phenoxy) is 1. The van der Waals surface area contributed by atoms with Crippen LogP contribution in [-0.4, -0.2) is 64.3 Å². The number of hydrogen-bond acceptors (Lipinski definition) is 6. The summed E-state index contributed by atoms with van der Waals surface area (Å²) >= 11 is 6.91. The van der Waals surface area contributed by atoms with Crippen molar-refractivity contribution in [2.75, 3.05) is 38.2 Å². The number of piperazine rings is 1. The number of H-pyrrole nitrogens is 1. The predicted molar refractivity (Wildman–Crippen MR) is 130 cm³/mol. The fourth-order valence-electron chi connectivity index (χ4n) is 4.54. The van der Waals surface area contributed by atoms with Crippen molar-refractivity contribution in [3.63, 3.8) is 0 Å². The van der Waals surface area contributed by atoms with Crippen LogP contribution in [0.3, 0.4) is 0 Å². The number of nitrogens with one attached hydrogen (secondary N) is 1. The Morgan fingerprint density at radius 3 is 2.70 bits per heavy atom. The van der Waals surface area contributed by atoms with E-state index in [9.17, 15) is 4.79 Å². The number of halogens is 1. The van der Waals surface area contributed by atoms with Gasteiger partial charge in [0.2, 0.25) is 5.91 Å². The lowest BCUT2D eigenvalue weighted by molar-refractivity contribution is -0.126. The number of aromatic nitrogens is 4. The number of methoxy groups -OCH3 is 1. The minimum atomic E-state index is -0.0552. The molecule has 1 N–H and O–H groups in total. The Bertz CT molecular complexity index is 1390. The van der Waals surface area contributed by atoms with Gasteiger partial charge in [-0.2, -0.15) is 5.10 Å². The lowest BCUT2D eigenvalue weighted by atomic mass is 9.95. The van der Waals surface area contributed by atoms with Crippen LogP contribution in [0, 0.1) is 6.92 Å². The lowest BCUT2D eigenvalue weighted by Gasteiger charge is -2.35. The first kappa shape index (κ1) is 21.2. The van der Waals surface area contributed by atoms with Gasteiger partial charge in [0.25, 0.3) is 0 Å². The van der Waals surface area contributed by atoms with Crippen LogP contribution in [0.5, 0.6) is 5.75 Å². The molecule has 4 aromatic rings. The number of hydrogen-bond donors (Lipinski definition) is 1. The van der Waals surface area contributed by atoms with Crippen molar-refractivity contribution in [1.29, 1.82) is 0 Å². The molecule has 0 saturated carbocycles. The van der Waals surface area contributed by atoms with Crippen molar-refractivity contribution in [1.82, 2.24) is 25.1 Å². The summed E-state index contributed by atoms with van der Waals surface area (Å²) in [5, 5.41) is 9.54. The molecule has 5 rings (SSSR count). The molecule has 2 aromatic heterocycles. The van der Waals surface area contributed by atoms with Gasteiger partial charge in [-0.1, -0.05) is 24.2 Å². The van der Waals surface area contributed by atoms with Crippen LogP contribution >= 0.6 is 11.6 Å². The summed E-state index contributed by atoms with van der Waals surface area (Å²) in [5.41, 5.74) is 4.40. The van der Waals surface area contributed by atoms with E-state index < -0.39 is 0 Å². The van der Waals surface area contributed by atoms with Gasteiger partial charge in [0.1, 0.15) is 17.7 Å². The second-order valence-electron chi connectivity index (χ2n) is 7.97. The summed E-state index contributed by atoms with van der Waals surface area (Å²) < 4.78 is 5.89. The monoisotopic (exact) mass is 462 g/mol. The van der Waals surface area contributed by atoms with Gasteiger partial charge in [0.05, 0.1) is 23.8 Å². The minimum Gasteiger partial charge on any atom is -0.494 e. The number of carbonyl (C=O) groups excluding carboxylic acids is 1. The number of aromatic amines is 1. The smallest absolute Gasteiger partial charge is 0.246 e. The van der Waals surface area contributed by atoms with Gasteiger partial charge in [-0.05, 0) is 30.7 Å². The summed E-state index contributed by atoms with van der Waals surface area (Å²) in [5.74, 6) is 1.31. The second-order valence-corrected chi connectivity index (χ2v) is 8.37. The molecule has 9 heteroatoms. The number of carbonyl (C=O) groups is 1. The highest BCUT2D eigenvalue weighted by Crippen LogP contribution is 2.46. The molecule has 1 fully saturated rings. The molecule has 1 saturated heterocycles. The van der Waals surface area contributed by atoms with Crippen LogP contribution in [0.2, 0.25) is 5.02 Å². The van der Waals surface area contributed by atoms with Crippen molar-refractivity contribution in [2.24, 2.45) is 0 Å². The van der Waals surface area contributed by atoms with E-state index in [2.05, 4.69) is 31.6 Å². The maximum absolute atomic E-state index is 11.9. The Hall–Kier alpha value is -3.65. The van der Waals surface area contributed by atoms with Gasteiger partial charge in [-0.3, -0.25) is 9.89 Å². The maximum Gasteiger partial charge on any atom is 0.246 e. The molecule has 0 atom stereocenters. The SMILES string of the molecule is C=CC(=O)N1CCN(c2ncnc3c(OC)c(-c4c(C)ccc5[nH]ncc45)c(Cl)cc23)CC1. The first-order valence-electron chi connectivity index (χ1n) is 10.6. The molecular formula is C24H23ClN6O2. The topological polar surface area (TPSA) is 87.2 Å². The van der Waals surface area contributed by atoms with Gasteiger partial charge in [-0.15, -0.1) is 0 Å². The first-order chi connectivity index (χ1) is 16.0. The minimum absolute atomic E-state index is 0.0552. The normalized spacial score (nSPS) is 14.2. The van der Waals surface area contributed by atoms with E-state index >= 15 is 0 Å². The quantitative estimate of drug-likeness (QED) is 0.461.